The maximum absolute atomic E-state index is 12.4. The first-order valence-corrected chi connectivity index (χ1v) is 11.9. The number of aryl methyl sites for hydroxylation is 1. The van der Waals surface area contributed by atoms with Crippen LogP contribution in [0.5, 0.6) is 0 Å². The molecule has 2 heterocycles. The van der Waals surface area contributed by atoms with Crippen LogP contribution in [0.25, 0.3) is 0 Å². The molecule has 1 saturated carbocycles. The Balaban J connectivity index is 0.00000363. The molecule has 2 aliphatic rings. The fourth-order valence-corrected chi connectivity index (χ4v) is 4.37. The molecule has 3 rings (SSSR count). The second-order valence-electron chi connectivity index (χ2n) is 9.25. The molecule has 0 atom stereocenters. The van der Waals surface area contributed by atoms with E-state index in [4.69, 9.17) is 4.99 Å². The molecular formula is C23H42IN7O. The second-order valence-corrected chi connectivity index (χ2v) is 9.25. The molecule has 0 aromatic carbocycles. The average Bonchev–Trinajstić information content (AvgIpc) is 3.06. The molecule has 0 radical (unpaired) electrons. The van der Waals surface area contributed by atoms with Crippen LogP contribution in [0.15, 0.2) is 11.2 Å². The van der Waals surface area contributed by atoms with Crippen molar-refractivity contribution in [3.63, 3.8) is 0 Å². The van der Waals surface area contributed by atoms with Crippen molar-refractivity contribution in [1.29, 1.82) is 0 Å². The number of nitrogens with one attached hydrogen (secondary N) is 1. The molecule has 0 bridgehead atoms. The van der Waals surface area contributed by atoms with Gasteiger partial charge in [0.05, 0.1) is 12.2 Å². The van der Waals surface area contributed by atoms with Crippen molar-refractivity contribution in [1.82, 2.24) is 29.8 Å². The molecule has 1 aromatic heterocycles. The average molecular weight is 560 g/mol. The zero-order chi connectivity index (χ0) is 22.4. The van der Waals surface area contributed by atoms with Gasteiger partial charge in [0.25, 0.3) is 0 Å². The van der Waals surface area contributed by atoms with Crippen molar-refractivity contribution in [2.75, 3.05) is 52.9 Å². The number of amides is 1. The summed E-state index contributed by atoms with van der Waals surface area (Å²) in [6, 6.07) is 0. The normalized spacial score (nSPS) is 17.8. The fourth-order valence-electron chi connectivity index (χ4n) is 4.37. The molecule has 32 heavy (non-hydrogen) atoms. The number of hydrogen-bond donors (Lipinski definition) is 1. The van der Waals surface area contributed by atoms with Gasteiger partial charge in [-0.15, -0.1) is 24.0 Å². The molecule has 2 fully saturated rings. The largest absolute Gasteiger partial charge is 0.357 e. The number of hydrogen-bond acceptors (Lipinski definition) is 4. The highest BCUT2D eigenvalue weighted by Crippen LogP contribution is 2.28. The van der Waals surface area contributed by atoms with E-state index in [1.807, 2.05) is 11.7 Å². The summed E-state index contributed by atoms with van der Waals surface area (Å²) in [7, 11) is 4.07. The summed E-state index contributed by atoms with van der Waals surface area (Å²) in [5, 5.41) is 8.05. The van der Waals surface area contributed by atoms with Crippen LogP contribution < -0.4 is 5.32 Å². The Morgan fingerprint density at radius 3 is 2.53 bits per heavy atom. The first-order valence-electron chi connectivity index (χ1n) is 11.9. The third kappa shape index (κ3) is 7.07. The van der Waals surface area contributed by atoms with Gasteiger partial charge in [0, 0.05) is 77.6 Å². The summed E-state index contributed by atoms with van der Waals surface area (Å²) >= 11 is 0. The first kappa shape index (κ1) is 26.9. The lowest BCUT2D eigenvalue weighted by Crippen LogP contribution is -2.51. The highest BCUT2D eigenvalue weighted by atomic mass is 127. The van der Waals surface area contributed by atoms with E-state index in [9.17, 15) is 4.79 Å². The van der Waals surface area contributed by atoms with Crippen molar-refractivity contribution in [3.8, 4) is 0 Å². The number of aliphatic imine (C=N–C) groups is 1. The van der Waals surface area contributed by atoms with Crippen LogP contribution in [0.4, 0.5) is 0 Å². The van der Waals surface area contributed by atoms with Crippen LogP contribution in [-0.4, -0.2) is 89.2 Å². The lowest BCUT2D eigenvalue weighted by Gasteiger charge is -2.38. The van der Waals surface area contributed by atoms with E-state index in [2.05, 4.69) is 59.1 Å². The Morgan fingerprint density at radius 1 is 1.28 bits per heavy atom. The summed E-state index contributed by atoms with van der Waals surface area (Å²) in [4.78, 5) is 24.0. The number of piperazine rings is 1. The van der Waals surface area contributed by atoms with Crippen LogP contribution >= 0.6 is 24.0 Å². The SMILES string of the molecule is CCNC(=NCCN1CCN(C(=O)C2CCC2)CC1)N(C)Cc1cn(C)nc1C(C)C.I. The molecule has 0 unspecified atom stereocenters. The van der Waals surface area contributed by atoms with Crippen molar-refractivity contribution < 1.29 is 4.79 Å². The standard InChI is InChI=1S/C23H41N7O.HI/c1-6-24-23(27(4)16-20-17-28(5)26-21(20)18(2)3)25-10-11-29-12-14-30(15-13-29)22(31)19-8-7-9-19;/h17-19H,6-16H2,1-5H3,(H,24,25);1H. The van der Waals surface area contributed by atoms with Gasteiger partial charge in [0.2, 0.25) is 5.91 Å². The lowest BCUT2D eigenvalue weighted by atomic mass is 9.84. The quantitative estimate of drug-likeness (QED) is 0.301. The van der Waals surface area contributed by atoms with Gasteiger partial charge in [0.15, 0.2) is 5.96 Å². The predicted molar refractivity (Wildman–Crippen MR) is 141 cm³/mol. The van der Waals surface area contributed by atoms with Crippen LogP contribution in [0.3, 0.4) is 0 Å². The number of rotatable bonds is 8. The minimum Gasteiger partial charge on any atom is -0.357 e. The Morgan fingerprint density at radius 2 is 1.97 bits per heavy atom. The van der Waals surface area contributed by atoms with E-state index in [-0.39, 0.29) is 24.0 Å². The molecule has 1 aliphatic carbocycles. The molecule has 1 saturated heterocycles. The van der Waals surface area contributed by atoms with E-state index < -0.39 is 0 Å². The van der Waals surface area contributed by atoms with Crippen LogP contribution in [0.1, 0.15) is 57.2 Å². The highest BCUT2D eigenvalue weighted by Gasteiger charge is 2.31. The summed E-state index contributed by atoms with van der Waals surface area (Å²) < 4.78 is 1.90. The minimum absolute atomic E-state index is 0. The number of halogens is 1. The van der Waals surface area contributed by atoms with Crippen molar-refractivity contribution >= 4 is 35.8 Å². The van der Waals surface area contributed by atoms with E-state index >= 15 is 0 Å². The molecular weight excluding hydrogens is 517 g/mol. The third-order valence-electron chi connectivity index (χ3n) is 6.40. The molecule has 1 aliphatic heterocycles. The number of carbonyl (C=O) groups is 1. The number of guanidine groups is 1. The Kier molecular flexibility index (Phi) is 10.7. The second kappa shape index (κ2) is 12.8. The topological polar surface area (TPSA) is 69.0 Å². The molecule has 1 N–H and O–H groups in total. The maximum atomic E-state index is 12.4. The number of nitrogens with zero attached hydrogens (tertiary/aromatic N) is 6. The number of aromatic nitrogens is 2. The van der Waals surface area contributed by atoms with Gasteiger partial charge in [-0.3, -0.25) is 19.4 Å². The van der Waals surface area contributed by atoms with Crippen molar-refractivity contribution in [2.45, 2.75) is 52.5 Å². The van der Waals surface area contributed by atoms with Crippen molar-refractivity contribution in [3.05, 3.63) is 17.5 Å². The molecule has 1 amide bonds. The van der Waals surface area contributed by atoms with Crippen LogP contribution in [0.2, 0.25) is 0 Å². The predicted octanol–water partition coefficient (Wildman–Crippen LogP) is 2.50. The van der Waals surface area contributed by atoms with E-state index in [1.54, 1.807) is 0 Å². The van der Waals surface area contributed by atoms with Gasteiger partial charge < -0.3 is 15.1 Å². The van der Waals surface area contributed by atoms with Gasteiger partial charge in [-0.1, -0.05) is 20.3 Å². The van der Waals surface area contributed by atoms with E-state index in [0.717, 1.165) is 76.9 Å². The third-order valence-corrected chi connectivity index (χ3v) is 6.40. The van der Waals surface area contributed by atoms with E-state index in [0.29, 0.717) is 17.7 Å². The Bertz CT molecular complexity index is 752. The van der Waals surface area contributed by atoms with Crippen molar-refractivity contribution in [2.24, 2.45) is 18.0 Å². The van der Waals surface area contributed by atoms with Gasteiger partial charge >= 0.3 is 0 Å². The monoisotopic (exact) mass is 559 g/mol. The Hall–Kier alpha value is -1.36. The Labute approximate surface area is 210 Å². The molecule has 0 spiro atoms. The maximum Gasteiger partial charge on any atom is 0.225 e. The van der Waals surface area contributed by atoms with Gasteiger partial charge in [0.1, 0.15) is 0 Å². The summed E-state index contributed by atoms with van der Waals surface area (Å²) in [6.07, 6.45) is 5.51. The minimum atomic E-state index is 0. The van der Waals surface area contributed by atoms with E-state index in [1.165, 1.54) is 12.0 Å². The molecule has 1 aromatic rings. The van der Waals surface area contributed by atoms with Crippen LogP contribution in [-0.2, 0) is 18.4 Å². The first-order chi connectivity index (χ1) is 14.9. The highest BCUT2D eigenvalue weighted by molar-refractivity contribution is 14.0. The molecule has 9 heteroatoms. The van der Waals surface area contributed by atoms with Gasteiger partial charge in [-0.25, -0.2) is 0 Å². The van der Waals surface area contributed by atoms with Gasteiger partial charge in [-0.2, -0.15) is 5.10 Å². The zero-order valence-corrected chi connectivity index (χ0v) is 22.8. The molecule has 182 valence electrons. The summed E-state index contributed by atoms with van der Waals surface area (Å²) in [5.74, 6) is 2.03. The van der Waals surface area contributed by atoms with Gasteiger partial charge in [-0.05, 0) is 25.7 Å². The lowest BCUT2D eigenvalue weighted by molar-refractivity contribution is -0.139. The van der Waals surface area contributed by atoms with Crippen LogP contribution in [0, 0.1) is 5.92 Å². The summed E-state index contributed by atoms with van der Waals surface area (Å²) in [6.45, 7) is 13.4. The fraction of sp³-hybridized carbons (Fsp3) is 0.783. The molecule has 8 nitrogen and oxygen atoms in total. The smallest absolute Gasteiger partial charge is 0.225 e. The zero-order valence-electron chi connectivity index (χ0n) is 20.5. The number of carbonyl (C=O) groups excluding carboxylic acids is 1. The summed E-state index contributed by atoms with van der Waals surface area (Å²) in [5.41, 5.74) is 2.40.